The molecule has 1 N–H and O–H groups in total. The van der Waals surface area contributed by atoms with Crippen molar-refractivity contribution in [3.63, 3.8) is 0 Å². The van der Waals surface area contributed by atoms with Crippen molar-refractivity contribution in [2.75, 3.05) is 26.4 Å². The summed E-state index contributed by atoms with van der Waals surface area (Å²) in [5.41, 5.74) is 0. The number of sulfonamides is 1. The topological polar surface area (TPSA) is 90.6 Å². The minimum Gasteiger partial charge on any atom is -0.395 e. The fraction of sp³-hybridized carbons (Fsp3) is 0.500. The van der Waals surface area contributed by atoms with Crippen molar-refractivity contribution in [2.45, 2.75) is 10.3 Å². The van der Waals surface area contributed by atoms with Crippen LogP contribution in [0.3, 0.4) is 0 Å². The molecule has 1 aliphatic rings. The molecule has 1 aliphatic heterocycles. The van der Waals surface area contributed by atoms with Gasteiger partial charge in [0.1, 0.15) is 15.2 Å². The Bertz CT molecular complexity index is 561. The average molecular weight is 288 g/mol. The van der Waals surface area contributed by atoms with Crippen LogP contribution < -0.4 is 0 Å². The monoisotopic (exact) mass is 288 g/mol. The molecule has 1 saturated heterocycles. The molecule has 1 atom stereocenters. The minimum atomic E-state index is -3.65. The molecule has 0 aliphatic carbocycles. The van der Waals surface area contributed by atoms with Gasteiger partial charge in [-0.3, -0.25) is 0 Å². The van der Waals surface area contributed by atoms with Crippen molar-refractivity contribution in [2.24, 2.45) is 0 Å². The Labute approximate surface area is 109 Å². The van der Waals surface area contributed by atoms with Gasteiger partial charge in [0.25, 0.3) is 10.0 Å². The first-order chi connectivity index (χ1) is 8.59. The molecule has 98 valence electrons. The number of hydrogen-bond donors (Lipinski definition) is 1. The second-order valence-electron chi connectivity index (χ2n) is 3.76. The Hall–Kier alpha value is -0.980. The van der Waals surface area contributed by atoms with Gasteiger partial charge in [0, 0.05) is 6.54 Å². The zero-order valence-electron chi connectivity index (χ0n) is 9.44. The molecule has 1 unspecified atom stereocenters. The molecular formula is C10H12N2O4S2. The Morgan fingerprint density at radius 2 is 2.39 bits per heavy atom. The molecule has 0 radical (unpaired) electrons. The van der Waals surface area contributed by atoms with Crippen molar-refractivity contribution < 1.29 is 18.3 Å². The maximum atomic E-state index is 12.3. The van der Waals surface area contributed by atoms with E-state index < -0.39 is 16.1 Å². The van der Waals surface area contributed by atoms with Gasteiger partial charge in [-0.05, 0) is 12.1 Å². The molecule has 0 aromatic carbocycles. The summed E-state index contributed by atoms with van der Waals surface area (Å²) in [5.74, 6) is 0. The van der Waals surface area contributed by atoms with Gasteiger partial charge in [-0.25, -0.2) is 8.42 Å². The number of rotatable bonds is 3. The van der Waals surface area contributed by atoms with Crippen molar-refractivity contribution in [1.82, 2.24) is 4.31 Å². The molecule has 1 fully saturated rings. The van der Waals surface area contributed by atoms with E-state index in [2.05, 4.69) is 0 Å². The highest BCUT2D eigenvalue weighted by molar-refractivity contribution is 7.91. The highest BCUT2D eigenvalue weighted by atomic mass is 32.2. The third-order valence-corrected chi connectivity index (χ3v) is 6.05. The van der Waals surface area contributed by atoms with Gasteiger partial charge in [-0.1, -0.05) is 0 Å². The fourth-order valence-electron chi connectivity index (χ4n) is 1.73. The van der Waals surface area contributed by atoms with Gasteiger partial charge in [-0.2, -0.15) is 9.57 Å². The Balaban J connectivity index is 2.32. The number of nitrogens with zero attached hydrogens (tertiary/aromatic N) is 2. The van der Waals surface area contributed by atoms with Crippen molar-refractivity contribution in [3.05, 3.63) is 17.0 Å². The summed E-state index contributed by atoms with van der Waals surface area (Å²) in [7, 11) is -3.65. The van der Waals surface area contributed by atoms with Crippen LogP contribution in [-0.4, -0.2) is 50.2 Å². The predicted octanol–water partition coefficient (Wildman–Crippen LogP) is 0.00158. The largest absolute Gasteiger partial charge is 0.395 e. The molecule has 2 rings (SSSR count). The number of hydrogen-bond acceptors (Lipinski definition) is 6. The number of thiophene rings is 1. The van der Waals surface area contributed by atoms with E-state index in [1.54, 1.807) is 0 Å². The lowest BCUT2D eigenvalue weighted by molar-refractivity contribution is 0.0110. The quantitative estimate of drug-likeness (QED) is 0.845. The van der Waals surface area contributed by atoms with Gasteiger partial charge >= 0.3 is 0 Å². The van der Waals surface area contributed by atoms with Crippen LogP contribution in [0.15, 0.2) is 16.3 Å². The van der Waals surface area contributed by atoms with E-state index in [-0.39, 0.29) is 24.0 Å². The standard InChI is InChI=1S/C10H12N2O4S2/c11-5-9-1-2-10(17-9)18(14,15)12-3-4-16-7-8(12)6-13/h1-2,8,13H,3-4,6-7H2. The first-order valence-corrected chi connectivity index (χ1v) is 7.55. The molecule has 1 aromatic rings. The summed E-state index contributed by atoms with van der Waals surface area (Å²) < 4.78 is 31.2. The van der Waals surface area contributed by atoms with E-state index >= 15 is 0 Å². The normalized spacial score (nSPS) is 21.7. The van der Waals surface area contributed by atoms with Crippen LogP contribution >= 0.6 is 11.3 Å². The Morgan fingerprint density at radius 3 is 3.00 bits per heavy atom. The van der Waals surface area contributed by atoms with Crippen LogP contribution in [0.1, 0.15) is 4.88 Å². The second-order valence-corrected chi connectivity index (χ2v) is 6.96. The summed E-state index contributed by atoms with van der Waals surface area (Å²) in [5, 5.41) is 17.9. The van der Waals surface area contributed by atoms with Crippen LogP contribution in [0.5, 0.6) is 0 Å². The lowest BCUT2D eigenvalue weighted by Crippen LogP contribution is -2.50. The number of aliphatic hydroxyl groups excluding tert-OH is 1. The minimum absolute atomic E-state index is 0.124. The molecule has 18 heavy (non-hydrogen) atoms. The highest BCUT2D eigenvalue weighted by Crippen LogP contribution is 2.26. The van der Waals surface area contributed by atoms with E-state index in [1.165, 1.54) is 16.4 Å². The lowest BCUT2D eigenvalue weighted by Gasteiger charge is -2.32. The van der Waals surface area contributed by atoms with Crippen molar-refractivity contribution >= 4 is 21.4 Å². The molecule has 2 heterocycles. The van der Waals surface area contributed by atoms with Crippen LogP contribution in [0.4, 0.5) is 0 Å². The molecule has 8 heteroatoms. The predicted molar refractivity (Wildman–Crippen MR) is 64.6 cm³/mol. The maximum Gasteiger partial charge on any atom is 0.253 e. The van der Waals surface area contributed by atoms with Crippen LogP contribution in [-0.2, 0) is 14.8 Å². The van der Waals surface area contributed by atoms with E-state index in [9.17, 15) is 13.5 Å². The third kappa shape index (κ3) is 2.41. The lowest BCUT2D eigenvalue weighted by atomic mass is 10.3. The molecule has 0 amide bonds. The third-order valence-electron chi connectivity index (χ3n) is 2.64. The SMILES string of the molecule is N#Cc1ccc(S(=O)(=O)N2CCOCC2CO)s1. The zero-order chi connectivity index (χ0) is 13.2. The zero-order valence-corrected chi connectivity index (χ0v) is 11.1. The summed E-state index contributed by atoms with van der Waals surface area (Å²) >= 11 is 0.933. The summed E-state index contributed by atoms with van der Waals surface area (Å²) in [6, 6.07) is 4.25. The van der Waals surface area contributed by atoms with Gasteiger partial charge in [0.05, 0.1) is 25.9 Å². The van der Waals surface area contributed by atoms with Crippen LogP contribution in [0.2, 0.25) is 0 Å². The number of aliphatic hydroxyl groups is 1. The number of morpholine rings is 1. The molecular weight excluding hydrogens is 276 g/mol. The highest BCUT2D eigenvalue weighted by Gasteiger charge is 2.34. The summed E-state index contributed by atoms with van der Waals surface area (Å²) in [6.07, 6.45) is 0. The Morgan fingerprint density at radius 1 is 1.61 bits per heavy atom. The number of nitriles is 1. The molecule has 0 spiro atoms. The first kappa shape index (κ1) is 13.5. The summed E-state index contributed by atoms with van der Waals surface area (Å²) in [6.45, 7) is 0.432. The van der Waals surface area contributed by atoms with E-state index in [0.29, 0.717) is 11.5 Å². The molecule has 0 saturated carbocycles. The van der Waals surface area contributed by atoms with Crippen molar-refractivity contribution in [1.29, 1.82) is 5.26 Å². The summed E-state index contributed by atoms with van der Waals surface area (Å²) in [4.78, 5) is 0.349. The van der Waals surface area contributed by atoms with E-state index in [1.807, 2.05) is 6.07 Å². The van der Waals surface area contributed by atoms with E-state index in [4.69, 9.17) is 10.00 Å². The van der Waals surface area contributed by atoms with Crippen LogP contribution in [0, 0.1) is 11.3 Å². The molecule has 0 bridgehead atoms. The first-order valence-electron chi connectivity index (χ1n) is 5.30. The second kappa shape index (κ2) is 5.34. The van der Waals surface area contributed by atoms with Gasteiger partial charge in [0.2, 0.25) is 0 Å². The average Bonchev–Trinajstić information content (AvgIpc) is 2.88. The van der Waals surface area contributed by atoms with Gasteiger partial charge in [0.15, 0.2) is 0 Å². The smallest absolute Gasteiger partial charge is 0.253 e. The fourth-order valence-corrected chi connectivity index (χ4v) is 4.55. The maximum absolute atomic E-state index is 12.3. The van der Waals surface area contributed by atoms with Gasteiger partial charge in [-0.15, -0.1) is 11.3 Å². The molecule has 1 aromatic heterocycles. The number of ether oxygens (including phenoxy) is 1. The Kier molecular flexibility index (Phi) is 3.99. The van der Waals surface area contributed by atoms with Gasteiger partial charge < -0.3 is 9.84 Å². The van der Waals surface area contributed by atoms with E-state index in [0.717, 1.165) is 11.3 Å². The van der Waals surface area contributed by atoms with Crippen molar-refractivity contribution in [3.8, 4) is 6.07 Å². The van der Waals surface area contributed by atoms with Crippen LogP contribution in [0.25, 0.3) is 0 Å². The molecule has 6 nitrogen and oxygen atoms in total.